The van der Waals surface area contributed by atoms with Gasteiger partial charge in [0.1, 0.15) is 5.75 Å². The van der Waals surface area contributed by atoms with E-state index in [4.69, 9.17) is 4.74 Å². The molecule has 1 aromatic heterocycles. The Morgan fingerprint density at radius 2 is 1.75 bits per heavy atom. The first-order chi connectivity index (χ1) is 11.7. The van der Waals surface area contributed by atoms with Crippen molar-refractivity contribution in [3.8, 4) is 17.1 Å². The van der Waals surface area contributed by atoms with Crippen molar-refractivity contribution >= 4 is 27.7 Å². The smallest absolute Gasteiger partial charge is 0.191 e. The highest BCUT2D eigenvalue weighted by atomic mass is 79.9. The van der Waals surface area contributed by atoms with Crippen molar-refractivity contribution in [1.29, 1.82) is 0 Å². The first kappa shape index (κ1) is 17.0. The molecule has 24 heavy (non-hydrogen) atoms. The molecule has 0 unspecified atom stereocenters. The topological polar surface area (TPSA) is 39.9 Å². The van der Waals surface area contributed by atoms with Crippen LogP contribution in [-0.2, 0) is 12.8 Å². The summed E-state index contributed by atoms with van der Waals surface area (Å²) in [6, 6.07) is 16.3. The van der Waals surface area contributed by atoms with E-state index in [1.165, 1.54) is 5.56 Å². The maximum Gasteiger partial charge on any atom is 0.191 e. The number of thioether (sulfide) groups is 1. The lowest BCUT2D eigenvalue weighted by Crippen LogP contribution is -1.96. The van der Waals surface area contributed by atoms with Crippen LogP contribution >= 0.6 is 27.7 Å². The van der Waals surface area contributed by atoms with E-state index in [9.17, 15) is 0 Å². The number of aromatic nitrogens is 3. The second-order valence-corrected chi connectivity index (χ2v) is 7.10. The number of hydrogen-bond donors (Lipinski definition) is 0. The average Bonchev–Trinajstić information content (AvgIpc) is 2.96. The molecule has 0 radical (unpaired) electrons. The normalized spacial score (nSPS) is 10.8. The Labute approximate surface area is 154 Å². The van der Waals surface area contributed by atoms with Crippen molar-refractivity contribution in [2.45, 2.75) is 17.8 Å². The van der Waals surface area contributed by atoms with Gasteiger partial charge < -0.3 is 9.30 Å². The molecule has 0 aliphatic heterocycles. The lowest BCUT2D eigenvalue weighted by molar-refractivity contribution is 0.340. The quantitative estimate of drug-likeness (QED) is 0.546. The van der Waals surface area contributed by atoms with Crippen LogP contribution in [0.3, 0.4) is 0 Å². The molecule has 0 N–H and O–H groups in total. The molecule has 2 aromatic carbocycles. The second kappa shape index (κ2) is 7.85. The monoisotopic (exact) mass is 403 g/mol. The Morgan fingerprint density at radius 1 is 1.04 bits per heavy atom. The summed E-state index contributed by atoms with van der Waals surface area (Å²) in [5.74, 6) is 2.59. The molecule has 0 saturated carbocycles. The summed E-state index contributed by atoms with van der Waals surface area (Å²) in [7, 11) is 2.00. The molecular weight excluding hydrogens is 386 g/mol. The molecule has 0 aliphatic rings. The van der Waals surface area contributed by atoms with Gasteiger partial charge >= 0.3 is 0 Å². The van der Waals surface area contributed by atoms with Crippen LogP contribution in [0.2, 0.25) is 0 Å². The predicted octanol–water partition coefficient (Wildman–Crippen LogP) is 4.94. The van der Waals surface area contributed by atoms with Gasteiger partial charge in [0.05, 0.1) is 6.61 Å². The van der Waals surface area contributed by atoms with Gasteiger partial charge in [-0.25, -0.2) is 0 Å². The molecule has 0 fully saturated rings. The summed E-state index contributed by atoms with van der Waals surface area (Å²) in [5.41, 5.74) is 2.29. The summed E-state index contributed by atoms with van der Waals surface area (Å²) in [4.78, 5) is 0. The van der Waals surface area contributed by atoms with Crippen molar-refractivity contribution in [2.75, 3.05) is 6.61 Å². The Morgan fingerprint density at radius 3 is 2.42 bits per heavy atom. The van der Waals surface area contributed by atoms with Gasteiger partial charge in [0.15, 0.2) is 11.0 Å². The Balaban J connectivity index is 1.72. The van der Waals surface area contributed by atoms with E-state index < -0.39 is 0 Å². The van der Waals surface area contributed by atoms with E-state index in [2.05, 4.69) is 50.4 Å². The van der Waals surface area contributed by atoms with E-state index in [1.807, 2.05) is 42.8 Å². The summed E-state index contributed by atoms with van der Waals surface area (Å²) in [6.45, 7) is 2.64. The fourth-order valence-corrected chi connectivity index (χ4v) is 3.42. The zero-order valence-corrected chi connectivity index (χ0v) is 16.0. The number of benzene rings is 2. The first-order valence-electron chi connectivity index (χ1n) is 7.67. The minimum absolute atomic E-state index is 0.667. The maximum atomic E-state index is 5.48. The number of rotatable bonds is 6. The number of halogens is 1. The van der Waals surface area contributed by atoms with Crippen LogP contribution in [0.15, 0.2) is 58.2 Å². The van der Waals surface area contributed by atoms with Crippen molar-refractivity contribution < 1.29 is 4.74 Å². The van der Waals surface area contributed by atoms with Gasteiger partial charge in [0.25, 0.3) is 0 Å². The molecular formula is C18H18BrN3OS. The van der Waals surface area contributed by atoms with E-state index >= 15 is 0 Å². The highest BCUT2D eigenvalue weighted by Gasteiger charge is 2.11. The summed E-state index contributed by atoms with van der Waals surface area (Å²) >= 11 is 5.14. The van der Waals surface area contributed by atoms with Crippen LogP contribution in [0.5, 0.6) is 5.75 Å². The summed E-state index contributed by atoms with van der Waals surface area (Å²) in [6.07, 6.45) is 0. The van der Waals surface area contributed by atoms with Gasteiger partial charge in [-0.05, 0) is 48.9 Å². The summed E-state index contributed by atoms with van der Waals surface area (Å²) < 4.78 is 8.60. The fourth-order valence-electron chi connectivity index (χ4n) is 2.29. The van der Waals surface area contributed by atoms with Gasteiger partial charge in [-0.3, -0.25) is 0 Å². The van der Waals surface area contributed by atoms with Gasteiger partial charge in [0, 0.05) is 22.8 Å². The molecule has 4 nitrogen and oxygen atoms in total. The lowest BCUT2D eigenvalue weighted by atomic mass is 10.2. The van der Waals surface area contributed by atoms with E-state index in [0.717, 1.165) is 32.5 Å². The maximum absolute atomic E-state index is 5.48. The largest absolute Gasteiger partial charge is 0.494 e. The van der Waals surface area contributed by atoms with E-state index in [0.29, 0.717) is 6.61 Å². The SMILES string of the molecule is CCOc1ccc(-c2nnc(SCc3ccc(Br)cc3)n2C)cc1. The van der Waals surface area contributed by atoms with Crippen molar-refractivity contribution in [2.24, 2.45) is 7.05 Å². The highest BCUT2D eigenvalue weighted by molar-refractivity contribution is 9.10. The number of ether oxygens (including phenoxy) is 1. The molecule has 6 heteroatoms. The highest BCUT2D eigenvalue weighted by Crippen LogP contribution is 2.26. The van der Waals surface area contributed by atoms with Crippen LogP contribution in [0, 0.1) is 0 Å². The Hall–Kier alpha value is -1.79. The number of nitrogens with zero attached hydrogens (tertiary/aromatic N) is 3. The van der Waals surface area contributed by atoms with Crippen LogP contribution in [0.4, 0.5) is 0 Å². The fraction of sp³-hybridized carbons (Fsp3) is 0.222. The molecule has 0 amide bonds. The van der Waals surface area contributed by atoms with Crippen LogP contribution < -0.4 is 4.74 Å². The zero-order valence-electron chi connectivity index (χ0n) is 13.6. The number of hydrogen-bond acceptors (Lipinski definition) is 4. The second-order valence-electron chi connectivity index (χ2n) is 5.24. The van der Waals surface area contributed by atoms with Crippen molar-refractivity contribution in [1.82, 2.24) is 14.8 Å². The molecule has 124 valence electrons. The lowest BCUT2D eigenvalue weighted by Gasteiger charge is -2.06. The van der Waals surface area contributed by atoms with E-state index in [1.54, 1.807) is 11.8 Å². The molecule has 3 aromatic rings. The van der Waals surface area contributed by atoms with Gasteiger partial charge in [-0.15, -0.1) is 10.2 Å². The van der Waals surface area contributed by atoms with Crippen LogP contribution in [0.1, 0.15) is 12.5 Å². The average molecular weight is 404 g/mol. The minimum Gasteiger partial charge on any atom is -0.494 e. The minimum atomic E-state index is 0.667. The predicted molar refractivity (Wildman–Crippen MR) is 101 cm³/mol. The third-order valence-corrected chi connectivity index (χ3v) is 5.16. The Bertz CT molecular complexity index is 800. The third kappa shape index (κ3) is 3.99. The van der Waals surface area contributed by atoms with E-state index in [-0.39, 0.29) is 0 Å². The Kier molecular flexibility index (Phi) is 5.58. The molecule has 0 aliphatic carbocycles. The molecule has 0 bridgehead atoms. The molecule has 0 atom stereocenters. The van der Waals surface area contributed by atoms with Crippen molar-refractivity contribution in [3.05, 3.63) is 58.6 Å². The molecule has 0 saturated heterocycles. The third-order valence-electron chi connectivity index (χ3n) is 3.54. The summed E-state index contributed by atoms with van der Waals surface area (Å²) in [5, 5.41) is 9.56. The molecule has 1 heterocycles. The van der Waals surface area contributed by atoms with Crippen molar-refractivity contribution in [3.63, 3.8) is 0 Å². The molecule has 3 rings (SSSR count). The zero-order chi connectivity index (χ0) is 16.9. The van der Waals surface area contributed by atoms with Gasteiger partial charge in [0.2, 0.25) is 0 Å². The standard InChI is InChI=1S/C18H18BrN3OS/c1-3-23-16-10-6-14(7-11-16)17-20-21-18(22(17)2)24-12-13-4-8-15(19)9-5-13/h4-11H,3,12H2,1-2H3. The van der Waals surface area contributed by atoms with Gasteiger partial charge in [-0.2, -0.15) is 0 Å². The first-order valence-corrected chi connectivity index (χ1v) is 9.45. The molecule has 0 spiro atoms. The van der Waals surface area contributed by atoms with Crippen LogP contribution in [0.25, 0.3) is 11.4 Å². The van der Waals surface area contributed by atoms with Crippen LogP contribution in [-0.4, -0.2) is 21.4 Å². The van der Waals surface area contributed by atoms with Gasteiger partial charge in [-0.1, -0.05) is 39.8 Å².